The lowest BCUT2D eigenvalue weighted by molar-refractivity contribution is -0.121. The fraction of sp³-hybridized carbons (Fsp3) is 0.333. The first kappa shape index (κ1) is 17.4. The Labute approximate surface area is 158 Å². The number of hydrogen-bond acceptors (Lipinski definition) is 4. The summed E-state index contributed by atoms with van der Waals surface area (Å²) < 4.78 is 11.5. The van der Waals surface area contributed by atoms with Gasteiger partial charge in [-0.05, 0) is 36.2 Å². The Kier molecular flexibility index (Phi) is 4.96. The van der Waals surface area contributed by atoms with E-state index >= 15 is 0 Å². The molecule has 2 amide bonds. The van der Waals surface area contributed by atoms with Crippen LogP contribution < -0.4 is 19.7 Å². The summed E-state index contributed by atoms with van der Waals surface area (Å²) in [6, 6.07) is 15.1. The number of hydrogen-bond donors (Lipinski definition) is 1. The summed E-state index contributed by atoms with van der Waals surface area (Å²) in [6.07, 6.45) is 1.60. The van der Waals surface area contributed by atoms with Gasteiger partial charge >= 0.3 is 0 Å². The monoisotopic (exact) mass is 366 g/mol. The maximum atomic E-state index is 12.2. The fourth-order valence-electron chi connectivity index (χ4n) is 3.35. The van der Waals surface area contributed by atoms with Gasteiger partial charge in [-0.3, -0.25) is 9.59 Å². The summed E-state index contributed by atoms with van der Waals surface area (Å²) in [5, 5.41) is 2.90. The smallest absolute Gasteiger partial charge is 0.227 e. The number of nitrogens with zero attached hydrogens (tertiary/aromatic N) is 1. The summed E-state index contributed by atoms with van der Waals surface area (Å²) in [5.41, 5.74) is 1.81. The lowest BCUT2D eigenvalue weighted by Gasteiger charge is -2.26. The second-order valence-electron chi connectivity index (χ2n) is 6.79. The van der Waals surface area contributed by atoms with Crippen molar-refractivity contribution in [1.82, 2.24) is 5.32 Å². The maximum Gasteiger partial charge on any atom is 0.227 e. The highest BCUT2D eigenvalue weighted by atomic mass is 16.6. The van der Waals surface area contributed by atoms with Gasteiger partial charge in [0, 0.05) is 18.7 Å². The minimum atomic E-state index is -0.201. The van der Waals surface area contributed by atoms with E-state index in [0.29, 0.717) is 31.7 Å². The molecule has 0 aromatic heterocycles. The number of para-hydroxylation sites is 2. The molecule has 2 aliphatic heterocycles. The Morgan fingerprint density at radius 1 is 1.11 bits per heavy atom. The van der Waals surface area contributed by atoms with Gasteiger partial charge in [0.2, 0.25) is 11.8 Å². The van der Waals surface area contributed by atoms with Gasteiger partial charge in [-0.15, -0.1) is 0 Å². The van der Waals surface area contributed by atoms with Crippen molar-refractivity contribution in [2.45, 2.75) is 25.4 Å². The van der Waals surface area contributed by atoms with E-state index in [1.165, 1.54) is 0 Å². The van der Waals surface area contributed by atoms with E-state index in [4.69, 9.17) is 9.47 Å². The molecule has 0 radical (unpaired) electrons. The van der Waals surface area contributed by atoms with Crippen molar-refractivity contribution in [2.24, 2.45) is 0 Å². The molecule has 140 valence electrons. The van der Waals surface area contributed by atoms with Gasteiger partial charge < -0.3 is 19.7 Å². The zero-order valence-electron chi connectivity index (χ0n) is 15.0. The Bertz CT molecular complexity index is 834. The SMILES string of the molecule is O=C(Cc1ccc(N2CCCC2=O)cc1)NCC1COc2ccccc2O1. The van der Waals surface area contributed by atoms with Gasteiger partial charge in [0.25, 0.3) is 0 Å². The van der Waals surface area contributed by atoms with Crippen LogP contribution in [0.25, 0.3) is 0 Å². The van der Waals surface area contributed by atoms with E-state index in [9.17, 15) is 9.59 Å². The van der Waals surface area contributed by atoms with Crippen molar-refractivity contribution < 1.29 is 19.1 Å². The second kappa shape index (κ2) is 7.70. The summed E-state index contributed by atoms with van der Waals surface area (Å²) in [6.45, 7) is 1.58. The molecule has 2 aliphatic rings. The molecule has 2 aromatic carbocycles. The van der Waals surface area contributed by atoms with Crippen LogP contribution in [0.15, 0.2) is 48.5 Å². The first-order valence-electron chi connectivity index (χ1n) is 9.23. The quantitative estimate of drug-likeness (QED) is 0.882. The van der Waals surface area contributed by atoms with Crippen molar-refractivity contribution >= 4 is 17.5 Å². The molecular weight excluding hydrogens is 344 g/mol. The fourth-order valence-corrected chi connectivity index (χ4v) is 3.35. The Balaban J connectivity index is 1.27. The second-order valence-corrected chi connectivity index (χ2v) is 6.79. The van der Waals surface area contributed by atoms with Crippen LogP contribution in [0.2, 0.25) is 0 Å². The van der Waals surface area contributed by atoms with Crippen molar-refractivity contribution in [3.63, 3.8) is 0 Å². The first-order valence-corrected chi connectivity index (χ1v) is 9.23. The molecule has 1 unspecified atom stereocenters. The van der Waals surface area contributed by atoms with E-state index in [0.717, 1.165) is 30.0 Å². The van der Waals surface area contributed by atoms with Crippen LogP contribution >= 0.6 is 0 Å². The molecule has 2 aromatic rings. The number of benzene rings is 2. The topological polar surface area (TPSA) is 67.9 Å². The number of fused-ring (bicyclic) bond motifs is 1. The van der Waals surface area contributed by atoms with Crippen molar-refractivity contribution in [3.05, 3.63) is 54.1 Å². The number of rotatable bonds is 5. The molecule has 6 nitrogen and oxygen atoms in total. The van der Waals surface area contributed by atoms with Crippen LogP contribution in [0.5, 0.6) is 11.5 Å². The highest BCUT2D eigenvalue weighted by Crippen LogP contribution is 2.30. The van der Waals surface area contributed by atoms with Gasteiger partial charge in [-0.25, -0.2) is 0 Å². The minimum Gasteiger partial charge on any atom is -0.486 e. The molecule has 1 atom stereocenters. The van der Waals surface area contributed by atoms with Gasteiger partial charge in [0.15, 0.2) is 11.5 Å². The lowest BCUT2D eigenvalue weighted by atomic mass is 10.1. The number of carbonyl (C=O) groups excluding carboxylic acids is 2. The van der Waals surface area contributed by atoms with Gasteiger partial charge in [-0.2, -0.15) is 0 Å². The molecule has 0 spiro atoms. The molecule has 6 heteroatoms. The number of ether oxygens (including phenoxy) is 2. The van der Waals surface area contributed by atoms with E-state index in [-0.39, 0.29) is 17.9 Å². The molecule has 1 saturated heterocycles. The molecule has 4 rings (SSSR count). The molecule has 0 bridgehead atoms. The third-order valence-electron chi connectivity index (χ3n) is 4.78. The molecule has 0 saturated carbocycles. The van der Waals surface area contributed by atoms with Crippen molar-refractivity contribution in [2.75, 3.05) is 24.6 Å². The van der Waals surface area contributed by atoms with E-state index in [2.05, 4.69) is 5.32 Å². The minimum absolute atomic E-state index is 0.0672. The average molecular weight is 366 g/mol. The zero-order chi connectivity index (χ0) is 18.6. The average Bonchev–Trinajstić information content (AvgIpc) is 3.13. The third kappa shape index (κ3) is 4.05. The summed E-state index contributed by atoms with van der Waals surface area (Å²) in [7, 11) is 0. The van der Waals surface area contributed by atoms with Gasteiger partial charge in [0.1, 0.15) is 12.7 Å². The molecule has 0 aliphatic carbocycles. The maximum absolute atomic E-state index is 12.2. The van der Waals surface area contributed by atoms with E-state index in [1.54, 1.807) is 4.90 Å². The standard InChI is InChI=1S/C21H22N2O4/c24-20(22-13-17-14-26-18-4-1-2-5-19(18)27-17)12-15-7-9-16(10-8-15)23-11-3-6-21(23)25/h1-2,4-5,7-10,17H,3,6,11-14H2,(H,22,24). The zero-order valence-corrected chi connectivity index (χ0v) is 15.0. The van der Waals surface area contributed by atoms with Crippen molar-refractivity contribution in [3.8, 4) is 11.5 Å². The van der Waals surface area contributed by atoms with Crippen LogP contribution in [0.3, 0.4) is 0 Å². The largest absolute Gasteiger partial charge is 0.486 e. The van der Waals surface area contributed by atoms with Crippen LogP contribution in [0.4, 0.5) is 5.69 Å². The molecular formula is C21H22N2O4. The van der Waals surface area contributed by atoms with Crippen LogP contribution in [-0.4, -0.2) is 37.6 Å². The first-order chi connectivity index (χ1) is 13.2. The van der Waals surface area contributed by atoms with Gasteiger partial charge in [0.05, 0.1) is 13.0 Å². The Morgan fingerprint density at radius 3 is 2.63 bits per heavy atom. The van der Waals surface area contributed by atoms with Crippen LogP contribution in [0, 0.1) is 0 Å². The van der Waals surface area contributed by atoms with Crippen LogP contribution in [-0.2, 0) is 16.0 Å². The third-order valence-corrected chi connectivity index (χ3v) is 4.78. The number of anilines is 1. The van der Waals surface area contributed by atoms with Crippen LogP contribution in [0.1, 0.15) is 18.4 Å². The predicted octanol–water partition coefficient (Wildman–Crippen LogP) is 2.31. The summed E-state index contributed by atoms with van der Waals surface area (Å²) in [5.74, 6) is 1.53. The highest BCUT2D eigenvalue weighted by molar-refractivity contribution is 5.95. The van der Waals surface area contributed by atoms with E-state index in [1.807, 2.05) is 48.5 Å². The molecule has 2 heterocycles. The Hall–Kier alpha value is -3.02. The summed E-state index contributed by atoms with van der Waals surface area (Å²) in [4.78, 5) is 25.8. The summed E-state index contributed by atoms with van der Waals surface area (Å²) >= 11 is 0. The van der Waals surface area contributed by atoms with E-state index < -0.39 is 0 Å². The predicted molar refractivity (Wildman–Crippen MR) is 101 cm³/mol. The van der Waals surface area contributed by atoms with Crippen molar-refractivity contribution in [1.29, 1.82) is 0 Å². The number of carbonyl (C=O) groups is 2. The number of nitrogens with one attached hydrogen (secondary N) is 1. The molecule has 27 heavy (non-hydrogen) atoms. The normalized spacial score (nSPS) is 18.4. The molecule has 1 fully saturated rings. The highest BCUT2D eigenvalue weighted by Gasteiger charge is 2.22. The Morgan fingerprint density at radius 2 is 1.89 bits per heavy atom. The molecule has 1 N–H and O–H groups in total. The number of amides is 2. The van der Waals surface area contributed by atoms with Gasteiger partial charge in [-0.1, -0.05) is 24.3 Å². The lowest BCUT2D eigenvalue weighted by Crippen LogP contribution is -2.41.